The smallest absolute Gasteiger partial charge is 0.241 e. The standard InChI is InChI=1S/C8H10ClN3O2S/c1-5(12-14-2)6-4-15-8(10-6)11-7(13)3-9/h4H,3H2,1-2H3,(H,10,11,13)/b12-5-. The van der Waals surface area contributed by atoms with E-state index in [0.29, 0.717) is 16.5 Å². The molecule has 1 N–H and O–H groups in total. The lowest BCUT2D eigenvalue weighted by Gasteiger charge is -1.96. The number of hydrogen-bond donors (Lipinski definition) is 1. The Labute approximate surface area is 96.1 Å². The number of halogens is 1. The van der Waals surface area contributed by atoms with E-state index in [1.807, 2.05) is 0 Å². The Bertz CT molecular complexity index is 378. The molecule has 1 aromatic rings. The molecule has 0 saturated carbocycles. The number of carbonyl (C=O) groups is 1. The van der Waals surface area contributed by atoms with Crippen molar-refractivity contribution in [2.45, 2.75) is 6.92 Å². The minimum Gasteiger partial charge on any atom is -0.399 e. The Hall–Kier alpha value is -1.14. The van der Waals surface area contributed by atoms with Crippen LogP contribution in [0.5, 0.6) is 0 Å². The first kappa shape index (κ1) is 11.9. The molecule has 0 radical (unpaired) electrons. The van der Waals surface area contributed by atoms with E-state index in [1.54, 1.807) is 12.3 Å². The topological polar surface area (TPSA) is 63.6 Å². The van der Waals surface area contributed by atoms with Gasteiger partial charge >= 0.3 is 0 Å². The van der Waals surface area contributed by atoms with E-state index in [9.17, 15) is 4.79 Å². The molecule has 0 bridgehead atoms. The fraction of sp³-hybridized carbons (Fsp3) is 0.375. The maximum Gasteiger partial charge on any atom is 0.241 e. The fourth-order valence-electron chi connectivity index (χ4n) is 0.834. The average Bonchev–Trinajstić information content (AvgIpc) is 2.66. The number of nitrogens with zero attached hydrogens (tertiary/aromatic N) is 2. The summed E-state index contributed by atoms with van der Waals surface area (Å²) >= 11 is 6.65. The Morgan fingerprint density at radius 2 is 2.53 bits per heavy atom. The van der Waals surface area contributed by atoms with Crippen LogP contribution >= 0.6 is 22.9 Å². The SMILES string of the molecule is CO/N=C(/C)c1csc(NC(=O)CCl)n1. The summed E-state index contributed by atoms with van der Waals surface area (Å²) in [6.45, 7) is 1.77. The number of oxime groups is 1. The quantitative estimate of drug-likeness (QED) is 0.500. The molecule has 1 heterocycles. The van der Waals surface area contributed by atoms with Gasteiger partial charge in [-0.1, -0.05) is 5.16 Å². The molecule has 0 spiro atoms. The predicted molar refractivity (Wildman–Crippen MR) is 60.7 cm³/mol. The van der Waals surface area contributed by atoms with E-state index in [4.69, 9.17) is 11.6 Å². The van der Waals surface area contributed by atoms with Gasteiger partial charge in [0.2, 0.25) is 5.91 Å². The Kier molecular flexibility index (Phi) is 4.51. The number of aromatic nitrogens is 1. The molecule has 0 fully saturated rings. The number of carbonyl (C=O) groups excluding carboxylic acids is 1. The second kappa shape index (κ2) is 5.67. The van der Waals surface area contributed by atoms with Crippen molar-refractivity contribution in [1.29, 1.82) is 0 Å². The molecule has 5 nitrogen and oxygen atoms in total. The van der Waals surface area contributed by atoms with E-state index in [2.05, 4.69) is 20.3 Å². The largest absolute Gasteiger partial charge is 0.399 e. The molecule has 1 rings (SSSR count). The van der Waals surface area contributed by atoms with Crippen LogP contribution in [-0.2, 0) is 9.63 Å². The summed E-state index contributed by atoms with van der Waals surface area (Å²) in [7, 11) is 1.46. The van der Waals surface area contributed by atoms with Crippen molar-refractivity contribution in [3.63, 3.8) is 0 Å². The molecule has 0 unspecified atom stereocenters. The van der Waals surface area contributed by atoms with E-state index in [0.717, 1.165) is 0 Å². The monoisotopic (exact) mass is 247 g/mol. The minimum atomic E-state index is -0.279. The lowest BCUT2D eigenvalue weighted by molar-refractivity contribution is -0.113. The number of amides is 1. The highest BCUT2D eigenvalue weighted by molar-refractivity contribution is 7.14. The van der Waals surface area contributed by atoms with Crippen LogP contribution in [0.1, 0.15) is 12.6 Å². The molecule has 15 heavy (non-hydrogen) atoms. The van der Waals surface area contributed by atoms with Gasteiger partial charge in [-0.3, -0.25) is 4.79 Å². The lowest BCUT2D eigenvalue weighted by Crippen LogP contribution is -2.12. The molecule has 0 atom stereocenters. The summed E-state index contributed by atoms with van der Waals surface area (Å²) in [5, 5.41) is 8.56. The summed E-state index contributed by atoms with van der Waals surface area (Å²) in [5.74, 6) is -0.362. The third-order valence-corrected chi connectivity index (χ3v) is 2.47. The Morgan fingerprint density at radius 3 is 3.13 bits per heavy atom. The third kappa shape index (κ3) is 3.49. The lowest BCUT2D eigenvalue weighted by atomic mass is 10.3. The van der Waals surface area contributed by atoms with Gasteiger partial charge in [-0.15, -0.1) is 22.9 Å². The highest BCUT2D eigenvalue weighted by Gasteiger charge is 2.07. The average molecular weight is 248 g/mol. The summed E-state index contributed by atoms with van der Waals surface area (Å²) in [6.07, 6.45) is 0. The van der Waals surface area contributed by atoms with E-state index >= 15 is 0 Å². The third-order valence-electron chi connectivity index (χ3n) is 1.47. The molecule has 7 heteroatoms. The minimum absolute atomic E-state index is 0.0833. The molecule has 0 aliphatic heterocycles. The molecule has 0 aromatic carbocycles. The van der Waals surface area contributed by atoms with Gasteiger partial charge in [-0.05, 0) is 6.92 Å². The molecular formula is C8H10ClN3O2S. The van der Waals surface area contributed by atoms with Gasteiger partial charge in [0.25, 0.3) is 0 Å². The zero-order chi connectivity index (χ0) is 11.3. The van der Waals surface area contributed by atoms with Crippen molar-refractivity contribution in [3.8, 4) is 0 Å². The highest BCUT2D eigenvalue weighted by Crippen LogP contribution is 2.16. The van der Waals surface area contributed by atoms with Crippen LogP contribution in [0, 0.1) is 0 Å². The summed E-state index contributed by atoms with van der Waals surface area (Å²) in [4.78, 5) is 19.7. The van der Waals surface area contributed by atoms with Gasteiger partial charge < -0.3 is 10.2 Å². The molecule has 0 saturated heterocycles. The van der Waals surface area contributed by atoms with Crippen LogP contribution in [0.3, 0.4) is 0 Å². The van der Waals surface area contributed by atoms with Crippen LogP contribution in [0.25, 0.3) is 0 Å². The molecule has 1 amide bonds. The van der Waals surface area contributed by atoms with Crippen molar-refractivity contribution < 1.29 is 9.63 Å². The number of hydrogen-bond acceptors (Lipinski definition) is 5. The second-order valence-corrected chi connectivity index (χ2v) is 3.70. The summed E-state index contributed by atoms with van der Waals surface area (Å²) in [6, 6.07) is 0. The maximum atomic E-state index is 11.0. The van der Waals surface area contributed by atoms with Crippen molar-refractivity contribution in [1.82, 2.24) is 4.98 Å². The van der Waals surface area contributed by atoms with Crippen LogP contribution in [0.4, 0.5) is 5.13 Å². The first-order chi connectivity index (χ1) is 7.17. The van der Waals surface area contributed by atoms with E-state index < -0.39 is 0 Å². The number of alkyl halides is 1. The second-order valence-electron chi connectivity index (χ2n) is 2.58. The van der Waals surface area contributed by atoms with Gasteiger partial charge in [0.05, 0.1) is 0 Å². The van der Waals surface area contributed by atoms with Crippen LogP contribution in [0.15, 0.2) is 10.5 Å². The van der Waals surface area contributed by atoms with Gasteiger partial charge in [0, 0.05) is 5.38 Å². The van der Waals surface area contributed by atoms with E-state index in [-0.39, 0.29) is 11.8 Å². The zero-order valence-corrected chi connectivity index (χ0v) is 9.85. The normalized spacial score (nSPS) is 11.3. The van der Waals surface area contributed by atoms with Gasteiger partial charge in [-0.2, -0.15) is 0 Å². The molecular weight excluding hydrogens is 238 g/mol. The van der Waals surface area contributed by atoms with E-state index in [1.165, 1.54) is 18.4 Å². The van der Waals surface area contributed by atoms with Crippen LogP contribution < -0.4 is 5.32 Å². The van der Waals surface area contributed by atoms with Gasteiger partial charge in [-0.25, -0.2) is 4.98 Å². The first-order valence-electron chi connectivity index (χ1n) is 4.07. The van der Waals surface area contributed by atoms with Crippen molar-refractivity contribution in [3.05, 3.63) is 11.1 Å². The van der Waals surface area contributed by atoms with Crippen LogP contribution in [0.2, 0.25) is 0 Å². The van der Waals surface area contributed by atoms with Gasteiger partial charge in [0.1, 0.15) is 24.4 Å². The van der Waals surface area contributed by atoms with Gasteiger partial charge in [0.15, 0.2) is 5.13 Å². The molecule has 0 aliphatic rings. The summed E-state index contributed by atoms with van der Waals surface area (Å²) in [5.41, 5.74) is 1.33. The number of rotatable bonds is 4. The molecule has 0 aliphatic carbocycles. The van der Waals surface area contributed by atoms with Crippen molar-refractivity contribution in [2.24, 2.45) is 5.16 Å². The number of anilines is 1. The molecule has 82 valence electrons. The highest BCUT2D eigenvalue weighted by atomic mass is 35.5. The van der Waals surface area contributed by atoms with Crippen molar-refractivity contribution >= 4 is 39.7 Å². The summed E-state index contributed by atoms with van der Waals surface area (Å²) < 4.78 is 0. The van der Waals surface area contributed by atoms with Crippen LogP contribution in [-0.4, -0.2) is 29.6 Å². The predicted octanol–water partition coefficient (Wildman–Crippen LogP) is 1.69. The molecule has 1 aromatic heterocycles. The Balaban J connectivity index is 2.72. The fourth-order valence-corrected chi connectivity index (χ4v) is 1.67. The number of thiazole rings is 1. The first-order valence-corrected chi connectivity index (χ1v) is 5.48. The number of nitrogens with one attached hydrogen (secondary N) is 1. The Morgan fingerprint density at radius 1 is 1.80 bits per heavy atom. The zero-order valence-electron chi connectivity index (χ0n) is 8.28. The van der Waals surface area contributed by atoms with Crippen molar-refractivity contribution in [2.75, 3.05) is 18.3 Å². The maximum absolute atomic E-state index is 11.0.